The number of hydrogen-bond acceptors (Lipinski definition) is 6. The standard InChI is InChI=1S/C10H16N6O4.2Na/c17-7-11-12-8(18)15(7)5-3-1-2-4-6-16-9(19)13-14-10(16)20;;/h1-6H2,(H,11,17)(H,12,18)(H,13,19)(H,14,20);;/q;2*+1/p-2. The summed E-state index contributed by atoms with van der Waals surface area (Å²) in [4.78, 5) is 22.4. The van der Waals surface area contributed by atoms with Crippen molar-refractivity contribution in [3.8, 4) is 12.0 Å². The predicted molar refractivity (Wildman–Crippen MR) is 63.1 cm³/mol. The minimum absolute atomic E-state index is 0. The number of H-pyrrole nitrogens is 2. The molecule has 2 heterocycles. The molecule has 0 atom stereocenters. The Kier molecular flexibility index (Phi) is 10.0. The minimum Gasteiger partial charge on any atom is -0.844 e. The number of aromatic nitrogens is 6. The molecular formula is C10H14N6Na2O4. The van der Waals surface area contributed by atoms with Crippen molar-refractivity contribution in [1.82, 2.24) is 29.5 Å². The van der Waals surface area contributed by atoms with E-state index in [-0.39, 0.29) is 65.7 Å². The summed E-state index contributed by atoms with van der Waals surface area (Å²) in [7, 11) is 0. The van der Waals surface area contributed by atoms with E-state index in [0.717, 1.165) is 22.0 Å². The third-order valence-electron chi connectivity index (χ3n) is 2.96. The number of aromatic amines is 2. The summed E-state index contributed by atoms with van der Waals surface area (Å²) in [5.41, 5.74) is -0.905. The molecule has 12 heteroatoms. The van der Waals surface area contributed by atoms with Gasteiger partial charge < -0.3 is 14.8 Å². The van der Waals surface area contributed by atoms with Crippen LogP contribution >= 0.6 is 0 Å². The molecule has 0 amide bonds. The van der Waals surface area contributed by atoms with Crippen molar-refractivity contribution in [3.05, 3.63) is 21.0 Å². The minimum atomic E-state index is -0.625. The van der Waals surface area contributed by atoms with E-state index in [9.17, 15) is 19.8 Å². The quantitative estimate of drug-likeness (QED) is 0.381. The SMILES string of the molecule is O=c1[nH][nH]c(=O)n1CCCCCCn1c([O-])nnc1[O-].[Na+].[Na+]. The topological polar surface area (TPSA) is 147 Å². The zero-order valence-electron chi connectivity index (χ0n) is 12.7. The van der Waals surface area contributed by atoms with Gasteiger partial charge in [-0.3, -0.25) is 0 Å². The monoisotopic (exact) mass is 328 g/mol. The molecule has 2 rings (SSSR count). The molecule has 0 fully saturated rings. The van der Waals surface area contributed by atoms with Gasteiger partial charge in [-0.2, -0.15) is 0 Å². The van der Waals surface area contributed by atoms with E-state index in [4.69, 9.17) is 0 Å². The second-order valence-corrected chi connectivity index (χ2v) is 4.34. The Morgan fingerprint density at radius 3 is 1.64 bits per heavy atom. The van der Waals surface area contributed by atoms with Gasteiger partial charge in [0.1, 0.15) is 0 Å². The van der Waals surface area contributed by atoms with Crippen LogP contribution in [-0.2, 0) is 13.1 Å². The Bertz CT molecular complexity index is 629. The molecule has 0 aliphatic rings. The van der Waals surface area contributed by atoms with Crippen LogP contribution in [0.2, 0.25) is 0 Å². The summed E-state index contributed by atoms with van der Waals surface area (Å²) in [5.74, 6) is 0. The second-order valence-electron chi connectivity index (χ2n) is 4.34. The summed E-state index contributed by atoms with van der Waals surface area (Å²) in [6.07, 6.45) is 2.86. The average Bonchev–Trinajstić information content (AvgIpc) is 2.90. The van der Waals surface area contributed by atoms with E-state index in [2.05, 4.69) is 20.4 Å². The second kappa shape index (κ2) is 10.3. The van der Waals surface area contributed by atoms with Gasteiger partial charge in [0.15, 0.2) is 0 Å². The maximum absolute atomic E-state index is 11.2. The fourth-order valence-electron chi connectivity index (χ4n) is 1.90. The largest absolute Gasteiger partial charge is 1.00 e. The molecule has 0 saturated heterocycles. The van der Waals surface area contributed by atoms with Crippen LogP contribution in [0.25, 0.3) is 0 Å². The molecule has 0 aromatic carbocycles. The van der Waals surface area contributed by atoms with Gasteiger partial charge in [0.2, 0.25) is 0 Å². The zero-order valence-corrected chi connectivity index (χ0v) is 16.7. The molecule has 2 aromatic rings. The van der Waals surface area contributed by atoms with Gasteiger partial charge in [0, 0.05) is 13.1 Å². The molecule has 0 unspecified atom stereocenters. The van der Waals surface area contributed by atoms with Gasteiger partial charge in [-0.15, -0.1) is 10.2 Å². The van der Waals surface area contributed by atoms with Crippen molar-refractivity contribution in [2.75, 3.05) is 0 Å². The molecular weight excluding hydrogens is 314 g/mol. The van der Waals surface area contributed by atoms with E-state index >= 15 is 0 Å². The van der Waals surface area contributed by atoms with Crippen LogP contribution in [0.4, 0.5) is 0 Å². The van der Waals surface area contributed by atoms with Crippen molar-refractivity contribution in [2.45, 2.75) is 38.8 Å². The third kappa shape index (κ3) is 5.60. The summed E-state index contributed by atoms with van der Waals surface area (Å²) in [6.45, 7) is 0.624. The van der Waals surface area contributed by atoms with E-state index in [1.165, 1.54) is 0 Å². The van der Waals surface area contributed by atoms with Crippen molar-refractivity contribution in [3.63, 3.8) is 0 Å². The fourth-order valence-corrected chi connectivity index (χ4v) is 1.90. The summed E-state index contributed by atoms with van der Waals surface area (Å²) >= 11 is 0. The van der Waals surface area contributed by atoms with Crippen LogP contribution in [0, 0.1) is 0 Å². The zero-order chi connectivity index (χ0) is 14.5. The van der Waals surface area contributed by atoms with Crippen LogP contribution in [0.1, 0.15) is 25.7 Å². The maximum atomic E-state index is 11.2. The van der Waals surface area contributed by atoms with Crippen LogP contribution in [0.15, 0.2) is 9.59 Å². The van der Waals surface area contributed by atoms with E-state index in [1.54, 1.807) is 0 Å². The van der Waals surface area contributed by atoms with Crippen LogP contribution in [0.3, 0.4) is 0 Å². The first kappa shape index (κ1) is 21.5. The van der Waals surface area contributed by atoms with Crippen LogP contribution in [-0.4, -0.2) is 29.5 Å². The fraction of sp³-hybridized carbons (Fsp3) is 0.600. The smallest absolute Gasteiger partial charge is 0.844 e. The molecule has 0 aliphatic heterocycles. The summed E-state index contributed by atoms with van der Waals surface area (Å²) in [6, 6.07) is -1.25. The first-order valence-electron chi connectivity index (χ1n) is 6.24. The van der Waals surface area contributed by atoms with Crippen molar-refractivity contribution in [1.29, 1.82) is 0 Å². The Morgan fingerprint density at radius 2 is 1.18 bits per heavy atom. The van der Waals surface area contributed by atoms with E-state index < -0.39 is 23.4 Å². The van der Waals surface area contributed by atoms with Crippen LogP contribution in [0.5, 0.6) is 12.0 Å². The molecule has 110 valence electrons. The maximum Gasteiger partial charge on any atom is 1.00 e. The molecule has 0 saturated carbocycles. The molecule has 0 bridgehead atoms. The molecule has 2 aromatic heterocycles. The molecule has 0 spiro atoms. The number of nitrogens with zero attached hydrogens (tertiary/aromatic N) is 4. The van der Waals surface area contributed by atoms with Gasteiger partial charge in [0.25, 0.3) is 0 Å². The first-order chi connectivity index (χ1) is 9.59. The average molecular weight is 328 g/mol. The molecule has 2 N–H and O–H groups in total. The normalized spacial score (nSPS) is 10.0. The van der Waals surface area contributed by atoms with Gasteiger partial charge in [-0.1, -0.05) is 12.8 Å². The predicted octanol–water partition coefficient (Wildman–Crippen LogP) is -8.13. The van der Waals surface area contributed by atoms with Gasteiger partial charge in [-0.05, 0) is 12.8 Å². The number of rotatable bonds is 7. The molecule has 0 radical (unpaired) electrons. The van der Waals surface area contributed by atoms with E-state index in [1.807, 2.05) is 0 Å². The van der Waals surface area contributed by atoms with Crippen molar-refractivity contribution in [2.24, 2.45) is 0 Å². The van der Waals surface area contributed by atoms with Crippen LogP contribution < -0.4 is 80.7 Å². The van der Waals surface area contributed by atoms with E-state index in [0.29, 0.717) is 19.4 Å². The van der Waals surface area contributed by atoms with Gasteiger partial charge in [-0.25, -0.2) is 24.4 Å². The van der Waals surface area contributed by atoms with Crippen molar-refractivity contribution < 1.29 is 69.3 Å². The Labute approximate surface area is 169 Å². The van der Waals surface area contributed by atoms with Gasteiger partial charge in [0.05, 0.1) is 12.0 Å². The third-order valence-corrected chi connectivity index (χ3v) is 2.96. The van der Waals surface area contributed by atoms with Crippen molar-refractivity contribution >= 4 is 0 Å². The molecule has 10 nitrogen and oxygen atoms in total. The Hall–Kier alpha value is -0.520. The number of unbranched alkanes of at least 4 members (excludes halogenated alkanes) is 3. The number of hydrogen-bond donors (Lipinski definition) is 2. The Morgan fingerprint density at radius 1 is 0.773 bits per heavy atom. The number of nitrogens with one attached hydrogen (secondary N) is 2. The van der Waals surface area contributed by atoms with Gasteiger partial charge >= 0.3 is 70.5 Å². The summed E-state index contributed by atoms with van der Waals surface area (Å²) in [5, 5.41) is 32.9. The summed E-state index contributed by atoms with van der Waals surface area (Å²) < 4.78 is 2.08. The molecule has 22 heavy (non-hydrogen) atoms. The molecule has 0 aliphatic carbocycles. The Balaban J connectivity index is 0.00000220. The first-order valence-corrected chi connectivity index (χ1v) is 6.24.